The van der Waals surface area contributed by atoms with Crippen molar-refractivity contribution >= 4 is 33.1 Å². The van der Waals surface area contributed by atoms with Gasteiger partial charge in [-0.3, -0.25) is 0 Å². The maximum Gasteiger partial charge on any atom is 0.172 e. The molecule has 0 amide bonds. The van der Waals surface area contributed by atoms with Gasteiger partial charge >= 0.3 is 0 Å². The van der Waals surface area contributed by atoms with E-state index in [9.17, 15) is 0 Å². The van der Waals surface area contributed by atoms with Gasteiger partial charge in [-0.1, -0.05) is 30.3 Å². The fourth-order valence-electron chi connectivity index (χ4n) is 1.87. The average Bonchev–Trinajstić information content (AvgIpc) is 2.94. The number of thiophene rings is 1. The molecule has 0 saturated heterocycles. The second-order valence-corrected chi connectivity index (χ2v) is 6.03. The minimum absolute atomic E-state index is 0.742. The summed E-state index contributed by atoms with van der Waals surface area (Å²) >= 11 is 5.09. The third kappa shape index (κ3) is 2.73. The molecule has 0 atom stereocenters. The van der Waals surface area contributed by atoms with Gasteiger partial charge in [0, 0.05) is 28.5 Å². The van der Waals surface area contributed by atoms with Gasteiger partial charge in [0.2, 0.25) is 0 Å². The molecule has 0 aliphatic rings. The van der Waals surface area contributed by atoms with E-state index in [-0.39, 0.29) is 0 Å². The monoisotopic (exact) mass is 345 g/mol. The predicted molar refractivity (Wildman–Crippen MR) is 88.0 cm³/mol. The summed E-state index contributed by atoms with van der Waals surface area (Å²) in [6, 6.07) is 14.1. The lowest BCUT2D eigenvalue weighted by Gasteiger charge is -2.07. The molecule has 0 aliphatic heterocycles. The molecule has 0 fully saturated rings. The van der Waals surface area contributed by atoms with Gasteiger partial charge in [-0.25, -0.2) is 9.97 Å². The first-order valence-electron chi connectivity index (χ1n) is 6.13. The lowest BCUT2D eigenvalue weighted by atomic mass is 10.1. The number of nitrogens with zero attached hydrogens (tertiary/aromatic N) is 2. The molecule has 3 nitrogen and oxygen atoms in total. The molecule has 1 aromatic carbocycles. The first kappa shape index (κ1) is 13.3. The molecule has 3 rings (SSSR count). The zero-order valence-electron chi connectivity index (χ0n) is 10.8. The van der Waals surface area contributed by atoms with Crippen molar-refractivity contribution in [2.45, 2.75) is 0 Å². The Balaban J connectivity index is 2.12. The SMILES string of the molecule is CNc1cc(-c2ccccc2)nc(-c2cc(Br)cs2)n1. The Labute approximate surface area is 129 Å². The van der Waals surface area contributed by atoms with Crippen LogP contribution in [-0.4, -0.2) is 17.0 Å². The molecule has 5 heteroatoms. The van der Waals surface area contributed by atoms with Gasteiger partial charge in [-0.15, -0.1) is 11.3 Å². The molecular formula is C15H12BrN3S. The maximum atomic E-state index is 4.67. The molecule has 2 heterocycles. The van der Waals surface area contributed by atoms with Crippen LogP contribution >= 0.6 is 27.3 Å². The van der Waals surface area contributed by atoms with E-state index in [0.29, 0.717) is 0 Å². The highest BCUT2D eigenvalue weighted by atomic mass is 79.9. The first-order valence-corrected chi connectivity index (χ1v) is 7.80. The Morgan fingerprint density at radius 3 is 2.55 bits per heavy atom. The molecule has 3 aromatic rings. The Morgan fingerprint density at radius 1 is 1.10 bits per heavy atom. The third-order valence-corrected chi connectivity index (χ3v) is 4.53. The summed E-state index contributed by atoms with van der Waals surface area (Å²) in [6.07, 6.45) is 0. The van der Waals surface area contributed by atoms with Crippen molar-refractivity contribution in [2.75, 3.05) is 12.4 Å². The number of anilines is 1. The van der Waals surface area contributed by atoms with Crippen molar-refractivity contribution in [1.82, 2.24) is 9.97 Å². The van der Waals surface area contributed by atoms with Crippen LogP contribution in [0.5, 0.6) is 0 Å². The lowest BCUT2D eigenvalue weighted by molar-refractivity contribution is 1.18. The first-order chi connectivity index (χ1) is 9.76. The normalized spacial score (nSPS) is 10.5. The highest BCUT2D eigenvalue weighted by Crippen LogP contribution is 2.30. The van der Waals surface area contributed by atoms with Crippen LogP contribution in [0.15, 0.2) is 52.3 Å². The molecule has 0 bridgehead atoms. The maximum absolute atomic E-state index is 4.67. The van der Waals surface area contributed by atoms with E-state index >= 15 is 0 Å². The minimum atomic E-state index is 0.742. The lowest BCUT2D eigenvalue weighted by Crippen LogP contribution is -1.97. The van der Waals surface area contributed by atoms with Crippen LogP contribution in [0.4, 0.5) is 5.82 Å². The molecular weight excluding hydrogens is 334 g/mol. The standard InChI is InChI=1S/C15H12BrN3S/c1-17-14-8-12(10-5-3-2-4-6-10)18-15(19-14)13-7-11(16)9-20-13/h2-9H,1H3,(H,17,18,19). The number of hydrogen-bond acceptors (Lipinski definition) is 4. The Bertz CT molecular complexity index is 725. The molecule has 0 spiro atoms. The van der Waals surface area contributed by atoms with Crippen LogP contribution in [-0.2, 0) is 0 Å². The molecule has 0 radical (unpaired) electrons. The zero-order chi connectivity index (χ0) is 13.9. The topological polar surface area (TPSA) is 37.8 Å². The molecule has 100 valence electrons. The van der Waals surface area contributed by atoms with Crippen LogP contribution in [0.3, 0.4) is 0 Å². The Hall–Kier alpha value is -1.72. The summed E-state index contributed by atoms with van der Waals surface area (Å²) in [5, 5.41) is 5.13. The van der Waals surface area contributed by atoms with Crippen molar-refractivity contribution in [3.63, 3.8) is 0 Å². The van der Waals surface area contributed by atoms with Gasteiger partial charge in [0.15, 0.2) is 5.82 Å². The molecule has 1 N–H and O–H groups in total. The van der Waals surface area contributed by atoms with Gasteiger partial charge < -0.3 is 5.32 Å². The van der Waals surface area contributed by atoms with Gasteiger partial charge in [0.1, 0.15) is 5.82 Å². The second-order valence-electron chi connectivity index (χ2n) is 4.21. The van der Waals surface area contributed by atoms with Crippen molar-refractivity contribution in [2.24, 2.45) is 0 Å². The van der Waals surface area contributed by atoms with Crippen molar-refractivity contribution in [3.8, 4) is 22.0 Å². The summed E-state index contributed by atoms with van der Waals surface area (Å²) in [5.74, 6) is 1.56. The smallest absolute Gasteiger partial charge is 0.172 e. The summed E-state index contributed by atoms with van der Waals surface area (Å²) in [6.45, 7) is 0. The summed E-state index contributed by atoms with van der Waals surface area (Å²) in [5.41, 5.74) is 2.01. The fraction of sp³-hybridized carbons (Fsp3) is 0.0667. The van der Waals surface area contributed by atoms with Crippen LogP contribution < -0.4 is 5.32 Å². The number of hydrogen-bond donors (Lipinski definition) is 1. The number of halogens is 1. The van der Waals surface area contributed by atoms with Gasteiger partial charge in [-0.05, 0) is 22.0 Å². The van der Waals surface area contributed by atoms with Gasteiger partial charge in [0.05, 0.1) is 10.6 Å². The third-order valence-electron chi connectivity index (χ3n) is 2.84. The number of rotatable bonds is 3. The van der Waals surface area contributed by atoms with E-state index in [1.54, 1.807) is 11.3 Å². The number of benzene rings is 1. The second kappa shape index (κ2) is 5.73. The summed E-state index contributed by atoms with van der Waals surface area (Å²) in [4.78, 5) is 10.2. The highest BCUT2D eigenvalue weighted by molar-refractivity contribution is 9.10. The van der Waals surface area contributed by atoms with Crippen LogP contribution in [0.2, 0.25) is 0 Å². The zero-order valence-corrected chi connectivity index (χ0v) is 13.2. The van der Waals surface area contributed by atoms with E-state index in [1.807, 2.05) is 42.8 Å². The van der Waals surface area contributed by atoms with Crippen LogP contribution in [0.1, 0.15) is 0 Å². The largest absolute Gasteiger partial charge is 0.373 e. The molecule has 20 heavy (non-hydrogen) atoms. The van der Waals surface area contributed by atoms with Gasteiger partial charge in [-0.2, -0.15) is 0 Å². The van der Waals surface area contributed by atoms with Crippen molar-refractivity contribution < 1.29 is 0 Å². The minimum Gasteiger partial charge on any atom is -0.373 e. The Morgan fingerprint density at radius 2 is 1.90 bits per heavy atom. The highest BCUT2D eigenvalue weighted by Gasteiger charge is 2.09. The molecule has 0 saturated carbocycles. The quantitative estimate of drug-likeness (QED) is 0.749. The Kier molecular flexibility index (Phi) is 3.80. The molecule has 0 aliphatic carbocycles. The average molecular weight is 346 g/mol. The van der Waals surface area contributed by atoms with E-state index in [4.69, 9.17) is 0 Å². The van der Waals surface area contributed by atoms with Crippen LogP contribution in [0, 0.1) is 0 Å². The van der Waals surface area contributed by atoms with Crippen LogP contribution in [0.25, 0.3) is 22.0 Å². The van der Waals surface area contributed by atoms with E-state index < -0.39 is 0 Å². The predicted octanol–water partition coefficient (Wildman–Crippen LogP) is 4.68. The van der Waals surface area contributed by atoms with Crippen molar-refractivity contribution in [1.29, 1.82) is 0 Å². The van der Waals surface area contributed by atoms with Gasteiger partial charge in [0.25, 0.3) is 0 Å². The molecule has 2 aromatic heterocycles. The number of nitrogens with one attached hydrogen (secondary N) is 1. The van der Waals surface area contributed by atoms with E-state index in [0.717, 1.165) is 32.2 Å². The van der Waals surface area contributed by atoms with Crippen molar-refractivity contribution in [3.05, 3.63) is 52.3 Å². The van der Waals surface area contributed by atoms with E-state index in [2.05, 4.69) is 43.3 Å². The van der Waals surface area contributed by atoms with E-state index in [1.165, 1.54) is 0 Å². The molecule has 0 unspecified atom stereocenters. The fourth-order valence-corrected chi connectivity index (χ4v) is 3.23. The number of aromatic nitrogens is 2. The summed E-state index contributed by atoms with van der Waals surface area (Å²) in [7, 11) is 1.87. The summed E-state index contributed by atoms with van der Waals surface area (Å²) < 4.78 is 1.05.